The lowest BCUT2D eigenvalue weighted by molar-refractivity contribution is 0.0198. The fraction of sp³-hybridized carbons (Fsp3) is 0.222. The first-order chi connectivity index (χ1) is 12.0. The van der Waals surface area contributed by atoms with Crippen molar-refractivity contribution in [3.05, 3.63) is 74.8 Å². The van der Waals surface area contributed by atoms with E-state index in [1.165, 1.54) is 23.0 Å². The predicted molar refractivity (Wildman–Crippen MR) is 98.1 cm³/mol. The van der Waals surface area contributed by atoms with Crippen LogP contribution in [0.15, 0.2) is 53.6 Å². The molecule has 1 unspecified atom stereocenters. The SMILES string of the molecule is O=c1c2cc(Cl)cc(Cl)c2ncn1CC(O)COCc1ccccc1. The van der Waals surface area contributed by atoms with Crippen LogP contribution in [0.3, 0.4) is 0 Å². The largest absolute Gasteiger partial charge is 0.389 e. The van der Waals surface area contributed by atoms with Gasteiger partial charge in [0.15, 0.2) is 0 Å². The number of halogens is 2. The number of hydrogen-bond donors (Lipinski definition) is 1. The van der Waals surface area contributed by atoms with Crippen LogP contribution in [0.5, 0.6) is 0 Å². The molecule has 5 nitrogen and oxygen atoms in total. The molecule has 0 aliphatic rings. The van der Waals surface area contributed by atoms with E-state index in [1.54, 1.807) is 0 Å². The lowest BCUT2D eigenvalue weighted by Gasteiger charge is -2.13. The number of benzene rings is 2. The van der Waals surface area contributed by atoms with Crippen molar-refractivity contribution in [1.29, 1.82) is 0 Å². The fourth-order valence-electron chi connectivity index (χ4n) is 2.49. The Balaban J connectivity index is 1.68. The number of fused-ring (bicyclic) bond motifs is 1. The van der Waals surface area contributed by atoms with Crippen LogP contribution < -0.4 is 5.56 Å². The van der Waals surface area contributed by atoms with E-state index in [1.807, 2.05) is 30.3 Å². The van der Waals surface area contributed by atoms with Crippen molar-refractivity contribution in [2.45, 2.75) is 19.3 Å². The molecule has 0 bridgehead atoms. The van der Waals surface area contributed by atoms with Gasteiger partial charge in [-0.15, -0.1) is 0 Å². The first-order valence-electron chi connectivity index (χ1n) is 7.68. The monoisotopic (exact) mass is 378 g/mol. The van der Waals surface area contributed by atoms with Gasteiger partial charge in [-0.3, -0.25) is 9.36 Å². The molecular formula is C18H16Cl2N2O3. The van der Waals surface area contributed by atoms with Crippen LogP contribution in [-0.4, -0.2) is 27.4 Å². The third-order valence-electron chi connectivity index (χ3n) is 3.67. The molecule has 0 spiro atoms. The van der Waals surface area contributed by atoms with Crippen LogP contribution in [0, 0.1) is 0 Å². The van der Waals surface area contributed by atoms with E-state index in [9.17, 15) is 9.90 Å². The molecule has 0 aliphatic carbocycles. The second-order valence-electron chi connectivity index (χ2n) is 5.64. The van der Waals surface area contributed by atoms with Gasteiger partial charge >= 0.3 is 0 Å². The Morgan fingerprint density at radius 1 is 1.20 bits per heavy atom. The molecule has 25 heavy (non-hydrogen) atoms. The van der Waals surface area contributed by atoms with Crippen LogP contribution in [0.1, 0.15) is 5.56 Å². The zero-order valence-corrected chi connectivity index (χ0v) is 14.7. The minimum absolute atomic E-state index is 0.0701. The second-order valence-corrected chi connectivity index (χ2v) is 6.48. The molecule has 1 N–H and O–H groups in total. The van der Waals surface area contributed by atoms with Crippen molar-refractivity contribution in [3.63, 3.8) is 0 Å². The van der Waals surface area contributed by atoms with Crippen molar-refractivity contribution >= 4 is 34.1 Å². The standard InChI is InChI=1S/C18H16Cl2N2O3/c19-13-6-15-17(16(20)7-13)21-11-22(18(15)24)8-14(23)10-25-9-12-4-2-1-3-5-12/h1-7,11,14,23H,8-10H2. The summed E-state index contributed by atoms with van der Waals surface area (Å²) in [6.45, 7) is 0.574. The highest BCUT2D eigenvalue weighted by Gasteiger charge is 2.12. The summed E-state index contributed by atoms with van der Waals surface area (Å²) in [6.07, 6.45) is 0.528. The Morgan fingerprint density at radius 3 is 2.72 bits per heavy atom. The van der Waals surface area contributed by atoms with Gasteiger partial charge in [0.1, 0.15) is 0 Å². The van der Waals surface area contributed by atoms with E-state index in [0.717, 1.165) is 5.56 Å². The molecule has 0 aliphatic heterocycles. The maximum Gasteiger partial charge on any atom is 0.261 e. The number of aromatic nitrogens is 2. The Bertz CT molecular complexity index is 929. The highest BCUT2D eigenvalue weighted by atomic mass is 35.5. The molecule has 2 aromatic carbocycles. The summed E-state index contributed by atoms with van der Waals surface area (Å²) >= 11 is 12.0. The molecule has 3 aromatic rings. The first-order valence-corrected chi connectivity index (χ1v) is 8.44. The summed E-state index contributed by atoms with van der Waals surface area (Å²) in [5, 5.41) is 11.1. The normalized spacial score (nSPS) is 12.4. The second kappa shape index (κ2) is 7.97. The molecule has 0 fully saturated rings. The van der Waals surface area contributed by atoms with Gasteiger partial charge < -0.3 is 9.84 Å². The summed E-state index contributed by atoms with van der Waals surface area (Å²) < 4.78 is 6.82. The molecule has 0 radical (unpaired) electrons. The van der Waals surface area contributed by atoms with Crippen LogP contribution in [0.25, 0.3) is 10.9 Å². The molecule has 0 saturated heterocycles. The lowest BCUT2D eigenvalue weighted by atomic mass is 10.2. The Kier molecular flexibility index (Phi) is 5.71. The average Bonchev–Trinajstić information content (AvgIpc) is 2.59. The summed E-state index contributed by atoms with van der Waals surface area (Å²) in [5.74, 6) is 0. The van der Waals surface area contributed by atoms with Gasteiger partial charge in [-0.2, -0.15) is 0 Å². The van der Waals surface area contributed by atoms with Crippen molar-refractivity contribution in [2.75, 3.05) is 6.61 Å². The third kappa shape index (κ3) is 4.38. The van der Waals surface area contributed by atoms with E-state index in [-0.39, 0.29) is 18.7 Å². The zero-order chi connectivity index (χ0) is 17.8. The summed E-state index contributed by atoms with van der Waals surface area (Å²) in [5.41, 5.74) is 1.10. The molecule has 3 rings (SSSR count). The highest BCUT2D eigenvalue weighted by Crippen LogP contribution is 2.23. The molecule has 130 valence electrons. The van der Waals surface area contributed by atoms with Crippen LogP contribution >= 0.6 is 23.2 Å². The van der Waals surface area contributed by atoms with E-state index in [0.29, 0.717) is 27.6 Å². The van der Waals surface area contributed by atoms with Gasteiger partial charge in [-0.25, -0.2) is 4.98 Å². The van der Waals surface area contributed by atoms with Gasteiger partial charge in [-0.1, -0.05) is 53.5 Å². The first kappa shape index (κ1) is 17.9. The Labute approximate surface area is 154 Å². The smallest absolute Gasteiger partial charge is 0.261 e. The number of nitrogens with zero attached hydrogens (tertiary/aromatic N) is 2. The van der Waals surface area contributed by atoms with Crippen LogP contribution in [0.4, 0.5) is 0 Å². The molecule has 1 atom stereocenters. The van der Waals surface area contributed by atoms with Gasteiger partial charge in [0, 0.05) is 5.02 Å². The van der Waals surface area contributed by atoms with Gasteiger partial charge in [0.25, 0.3) is 5.56 Å². The van der Waals surface area contributed by atoms with Crippen molar-refractivity contribution < 1.29 is 9.84 Å². The molecular weight excluding hydrogens is 363 g/mol. The number of aliphatic hydroxyl groups excluding tert-OH is 1. The van der Waals surface area contributed by atoms with E-state index >= 15 is 0 Å². The van der Waals surface area contributed by atoms with E-state index in [4.69, 9.17) is 27.9 Å². The maximum absolute atomic E-state index is 12.5. The van der Waals surface area contributed by atoms with Gasteiger partial charge in [-0.05, 0) is 17.7 Å². The topological polar surface area (TPSA) is 64.4 Å². The Morgan fingerprint density at radius 2 is 1.96 bits per heavy atom. The zero-order valence-electron chi connectivity index (χ0n) is 13.2. The lowest BCUT2D eigenvalue weighted by Crippen LogP contribution is -2.29. The average molecular weight is 379 g/mol. The third-order valence-corrected chi connectivity index (χ3v) is 4.18. The summed E-state index contributed by atoms with van der Waals surface area (Å²) in [4.78, 5) is 16.7. The Hall–Kier alpha value is -1.92. The number of ether oxygens (including phenoxy) is 1. The van der Waals surface area contributed by atoms with Crippen LogP contribution in [0.2, 0.25) is 10.0 Å². The van der Waals surface area contributed by atoms with Crippen molar-refractivity contribution in [2.24, 2.45) is 0 Å². The predicted octanol–water partition coefficient (Wildman–Crippen LogP) is 3.28. The van der Waals surface area contributed by atoms with Crippen molar-refractivity contribution in [3.8, 4) is 0 Å². The number of hydrogen-bond acceptors (Lipinski definition) is 4. The van der Waals surface area contributed by atoms with E-state index in [2.05, 4.69) is 4.98 Å². The number of aliphatic hydroxyl groups is 1. The minimum Gasteiger partial charge on any atom is -0.389 e. The highest BCUT2D eigenvalue weighted by molar-refractivity contribution is 6.38. The van der Waals surface area contributed by atoms with E-state index < -0.39 is 6.10 Å². The maximum atomic E-state index is 12.5. The van der Waals surface area contributed by atoms with Gasteiger partial charge in [0.2, 0.25) is 0 Å². The number of rotatable bonds is 6. The molecule has 1 heterocycles. The summed E-state index contributed by atoms with van der Waals surface area (Å²) in [6, 6.07) is 12.7. The summed E-state index contributed by atoms with van der Waals surface area (Å²) in [7, 11) is 0. The van der Waals surface area contributed by atoms with Gasteiger partial charge in [0.05, 0.1) is 48.1 Å². The van der Waals surface area contributed by atoms with Crippen molar-refractivity contribution in [1.82, 2.24) is 9.55 Å². The molecule has 0 amide bonds. The molecule has 0 saturated carbocycles. The molecule has 1 aromatic heterocycles. The molecule has 7 heteroatoms. The quantitative estimate of drug-likeness (QED) is 0.714. The van der Waals surface area contributed by atoms with Crippen LogP contribution in [-0.2, 0) is 17.9 Å². The fourth-order valence-corrected chi connectivity index (χ4v) is 3.03. The minimum atomic E-state index is -0.838.